The molecule has 1 N–H and O–H groups in total. The zero-order valence-electron chi connectivity index (χ0n) is 9.94. The van der Waals surface area contributed by atoms with Gasteiger partial charge in [-0.05, 0) is 32.4 Å². The topological polar surface area (TPSA) is 47.0 Å². The molecular formula is C12H19N3O. The second-order valence-corrected chi connectivity index (χ2v) is 3.56. The molecule has 1 heterocycles. The number of unbranched alkanes of at least 4 members (excludes halogenated alkanes) is 1. The molecule has 0 saturated heterocycles. The van der Waals surface area contributed by atoms with E-state index in [0.717, 1.165) is 25.0 Å². The lowest BCUT2D eigenvalue weighted by Crippen LogP contribution is -2.18. The van der Waals surface area contributed by atoms with Gasteiger partial charge in [0.1, 0.15) is 0 Å². The van der Waals surface area contributed by atoms with Gasteiger partial charge in [-0.1, -0.05) is 6.08 Å². The first-order chi connectivity index (χ1) is 7.81. The SMILES string of the molecule is C=CCCCC(NC)c1ccc(OC)nn1. The van der Waals surface area contributed by atoms with Crippen LogP contribution in [0.3, 0.4) is 0 Å². The molecule has 0 spiro atoms. The molecule has 0 amide bonds. The van der Waals surface area contributed by atoms with Crippen molar-refractivity contribution in [3.05, 3.63) is 30.5 Å². The first-order valence-corrected chi connectivity index (χ1v) is 5.47. The third kappa shape index (κ3) is 3.62. The van der Waals surface area contributed by atoms with Gasteiger partial charge < -0.3 is 10.1 Å². The minimum Gasteiger partial charge on any atom is -0.480 e. The number of nitrogens with zero attached hydrogens (tertiary/aromatic N) is 2. The van der Waals surface area contributed by atoms with Crippen LogP contribution in [0.15, 0.2) is 24.8 Å². The highest BCUT2D eigenvalue weighted by molar-refractivity contribution is 5.13. The zero-order valence-corrected chi connectivity index (χ0v) is 9.94. The maximum Gasteiger partial charge on any atom is 0.233 e. The largest absolute Gasteiger partial charge is 0.480 e. The van der Waals surface area contributed by atoms with Gasteiger partial charge in [0.25, 0.3) is 0 Å². The Bertz CT molecular complexity index is 311. The molecule has 16 heavy (non-hydrogen) atoms. The molecule has 0 fully saturated rings. The molecule has 1 rings (SSSR count). The fourth-order valence-electron chi connectivity index (χ4n) is 1.53. The van der Waals surface area contributed by atoms with E-state index in [-0.39, 0.29) is 6.04 Å². The van der Waals surface area contributed by atoms with Crippen LogP contribution in [0, 0.1) is 0 Å². The number of rotatable bonds is 7. The lowest BCUT2D eigenvalue weighted by Gasteiger charge is -2.14. The molecule has 0 bridgehead atoms. The summed E-state index contributed by atoms with van der Waals surface area (Å²) in [6, 6.07) is 4.03. The molecule has 88 valence electrons. The van der Waals surface area contributed by atoms with E-state index < -0.39 is 0 Å². The third-order valence-electron chi connectivity index (χ3n) is 2.48. The molecule has 0 aromatic carbocycles. The van der Waals surface area contributed by atoms with E-state index in [0.29, 0.717) is 5.88 Å². The Morgan fingerprint density at radius 3 is 2.81 bits per heavy atom. The number of nitrogens with one attached hydrogen (secondary N) is 1. The van der Waals surface area contributed by atoms with Crippen LogP contribution in [0.4, 0.5) is 0 Å². The summed E-state index contributed by atoms with van der Waals surface area (Å²) in [6.45, 7) is 3.71. The highest BCUT2D eigenvalue weighted by Gasteiger charge is 2.10. The molecule has 4 nitrogen and oxygen atoms in total. The zero-order chi connectivity index (χ0) is 11.8. The number of allylic oxidation sites excluding steroid dienone is 1. The van der Waals surface area contributed by atoms with Crippen molar-refractivity contribution in [3.8, 4) is 5.88 Å². The van der Waals surface area contributed by atoms with Gasteiger partial charge in [0.15, 0.2) is 0 Å². The highest BCUT2D eigenvalue weighted by atomic mass is 16.5. The van der Waals surface area contributed by atoms with Gasteiger partial charge in [-0.2, -0.15) is 5.10 Å². The first kappa shape index (κ1) is 12.6. The van der Waals surface area contributed by atoms with E-state index >= 15 is 0 Å². The van der Waals surface area contributed by atoms with Gasteiger partial charge in [0.2, 0.25) is 5.88 Å². The van der Waals surface area contributed by atoms with Crippen molar-refractivity contribution in [2.24, 2.45) is 0 Å². The molecule has 1 atom stereocenters. The monoisotopic (exact) mass is 221 g/mol. The number of hydrogen-bond donors (Lipinski definition) is 1. The summed E-state index contributed by atoms with van der Waals surface area (Å²) in [4.78, 5) is 0. The van der Waals surface area contributed by atoms with Crippen LogP contribution in [-0.4, -0.2) is 24.4 Å². The van der Waals surface area contributed by atoms with Crippen molar-refractivity contribution in [2.45, 2.75) is 25.3 Å². The second-order valence-electron chi connectivity index (χ2n) is 3.56. The van der Waals surface area contributed by atoms with Gasteiger partial charge in [0, 0.05) is 6.07 Å². The van der Waals surface area contributed by atoms with Crippen LogP contribution in [-0.2, 0) is 0 Å². The third-order valence-corrected chi connectivity index (χ3v) is 2.48. The van der Waals surface area contributed by atoms with E-state index in [2.05, 4.69) is 22.1 Å². The average molecular weight is 221 g/mol. The molecule has 0 aliphatic heterocycles. The number of ether oxygens (including phenoxy) is 1. The summed E-state index contributed by atoms with van der Waals surface area (Å²) in [6.07, 6.45) is 5.10. The number of aromatic nitrogens is 2. The Morgan fingerprint density at radius 1 is 1.50 bits per heavy atom. The lowest BCUT2D eigenvalue weighted by atomic mass is 10.1. The van der Waals surface area contributed by atoms with Crippen molar-refractivity contribution >= 4 is 0 Å². The van der Waals surface area contributed by atoms with Gasteiger partial charge in [-0.25, -0.2) is 0 Å². The van der Waals surface area contributed by atoms with Crippen molar-refractivity contribution in [2.75, 3.05) is 14.2 Å². The average Bonchev–Trinajstić information content (AvgIpc) is 2.35. The van der Waals surface area contributed by atoms with Crippen LogP contribution in [0.2, 0.25) is 0 Å². The van der Waals surface area contributed by atoms with E-state index in [4.69, 9.17) is 4.74 Å². The van der Waals surface area contributed by atoms with Crippen molar-refractivity contribution in [1.82, 2.24) is 15.5 Å². The van der Waals surface area contributed by atoms with Gasteiger partial charge >= 0.3 is 0 Å². The Hall–Kier alpha value is -1.42. The van der Waals surface area contributed by atoms with Crippen molar-refractivity contribution in [1.29, 1.82) is 0 Å². The molecule has 0 aliphatic carbocycles. The summed E-state index contributed by atoms with van der Waals surface area (Å²) in [7, 11) is 3.52. The molecule has 1 aromatic heterocycles. The highest BCUT2D eigenvalue weighted by Crippen LogP contribution is 2.17. The number of methoxy groups -OCH3 is 1. The van der Waals surface area contributed by atoms with Gasteiger partial charge in [-0.3, -0.25) is 0 Å². The van der Waals surface area contributed by atoms with Crippen LogP contribution in [0.1, 0.15) is 31.0 Å². The molecule has 0 aliphatic rings. The summed E-state index contributed by atoms with van der Waals surface area (Å²) in [5.74, 6) is 0.546. The molecule has 0 radical (unpaired) electrons. The normalized spacial score (nSPS) is 12.1. The Labute approximate surface area is 96.7 Å². The maximum atomic E-state index is 4.97. The molecule has 1 aromatic rings. The number of hydrogen-bond acceptors (Lipinski definition) is 4. The predicted molar refractivity (Wildman–Crippen MR) is 64.4 cm³/mol. The van der Waals surface area contributed by atoms with Gasteiger partial charge in [0.05, 0.1) is 18.8 Å². The maximum absolute atomic E-state index is 4.97. The molecule has 4 heteroatoms. The minimum atomic E-state index is 0.248. The van der Waals surface area contributed by atoms with Gasteiger partial charge in [-0.15, -0.1) is 11.7 Å². The first-order valence-electron chi connectivity index (χ1n) is 5.47. The van der Waals surface area contributed by atoms with E-state index in [1.807, 2.05) is 25.3 Å². The summed E-state index contributed by atoms with van der Waals surface area (Å²) in [5, 5.41) is 11.3. The standard InChI is InChI=1S/C12H19N3O/c1-4-5-6-7-10(13-2)11-8-9-12(16-3)15-14-11/h4,8-10,13H,1,5-7H2,2-3H3. The molecule has 1 unspecified atom stereocenters. The fraction of sp³-hybridized carbons (Fsp3) is 0.500. The predicted octanol–water partition coefficient (Wildman–Crippen LogP) is 2.10. The summed E-state index contributed by atoms with van der Waals surface area (Å²) in [5.41, 5.74) is 0.951. The quantitative estimate of drug-likeness (QED) is 0.566. The molecular weight excluding hydrogens is 202 g/mol. The summed E-state index contributed by atoms with van der Waals surface area (Å²) >= 11 is 0. The van der Waals surface area contributed by atoms with Crippen molar-refractivity contribution < 1.29 is 4.74 Å². The van der Waals surface area contributed by atoms with Crippen LogP contribution in [0.5, 0.6) is 5.88 Å². The van der Waals surface area contributed by atoms with Crippen LogP contribution in [0.25, 0.3) is 0 Å². The smallest absolute Gasteiger partial charge is 0.233 e. The lowest BCUT2D eigenvalue weighted by molar-refractivity contribution is 0.389. The Morgan fingerprint density at radius 2 is 2.31 bits per heavy atom. The molecule has 0 saturated carbocycles. The van der Waals surface area contributed by atoms with E-state index in [1.165, 1.54) is 0 Å². The summed E-state index contributed by atoms with van der Waals surface area (Å²) < 4.78 is 4.97. The van der Waals surface area contributed by atoms with Crippen LogP contribution < -0.4 is 10.1 Å². The fourth-order valence-corrected chi connectivity index (χ4v) is 1.53. The second kappa shape index (κ2) is 6.95. The minimum absolute atomic E-state index is 0.248. The van der Waals surface area contributed by atoms with Crippen LogP contribution >= 0.6 is 0 Å². The van der Waals surface area contributed by atoms with E-state index in [9.17, 15) is 0 Å². The Balaban J connectivity index is 2.59. The van der Waals surface area contributed by atoms with Crippen molar-refractivity contribution in [3.63, 3.8) is 0 Å². The van der Waals surface area contributed by atoms with E-state index in [1.54, 1.807) is 7.11 Å². The Kier molecular flexibility index (Phi) is 5.50.